The zero-order chi connectivity index (χ0) is 17.3. The van der Waals surface area contributed by atoms with Crippen LogP contribution in [0.5, 0.6) is 0 Å². The molecule has 0 aliphatic heterocycles. The molecular formula is C24H12IrNO-. The van der Waals surface area contributed by atoms with Gasteiger partial charge in [0.1, 0.15) is 0 Å². The van der Waals surface area contributed by atoms with Gasteiger partial charge in [0, 0.05) is 31.1 Å². The van der Waals surface area contributed by atoms with Crippen molar-refractivity contribution in [2.24, 2.45) is 0 Å². The van der Waals surface area contributed by atoms with Crippen LogP contribution in [-0.2, 0) is 20.1 Å². The monoisotopic (exact) mass is 523 g/mol. The molecule has 27 heavy (non-hydrogen) atoms. The number of fused-ring (bicyclic) bond motifs is 3. The molecule has 0 atom stereocenters. The van der Waals surface area contributed by atoms with Crippen molar-refractivity contribution in [2.75, 3.05) is 0 Å². The summed E-state index contributed by atoms with van der Waals surface area (Å²) in [4.78, 5) is 17.4. The molecule has 3 aromatic carbocycles. The summed E-state index contributed by atoms with van der Waals surface area (Å²) in [6.45, 7) is 0. The molecule has 2 nitrogen and oxygen atoms in total. The fourth-order valence-electron chi connectivity index (χ4n) is 4.05. The Morgan fingerprint density at radius 3 is 2.48 bits per heavy atom. The molecule has 0 unspecified atom stereocenters. The summed E-state index contributed by atoms with van der Waals surface area (Å²) in [5.74, 6) is 0.0797. The van der Waals surface area contributed by atoms with Crippen molar-refractivity contribution in [3.63, 3.8) is 0 Å². The molecule has 1 heterocycles. The van der Waals surface area contributed by atoms with Crippen LogP contribution in [0.4, 0.5) is 0 Å². The zero-order valence-electron chi connectivity index (χ0n) is 14.1. The van der Waals surface area contributed by atoms with E-state index in [2.05, 4.69) is 30.4 Å². The quantitative estimate of drug-likeness (QED) is 0.271. The number of hydrogen-bond acceptors (Lipinski definition) is 2. The first kappa shape index (κ1) is 16.3. The molecule has 2 aliphatic carbocycles. The second-order valence-electron chi connectivity index (χ2n) is 6.72. The van der Waals surface area contributed by atoms with Gasteiger partial charge in [-0.05, 0) is 28.5 Å². The molecule has 0 amide bonds. The van der Waals surface area contributed by atoms with Crippen LogP contribution in [0.3, 0.4) is 0 Å². The number of nitrogens with zero attached hydrogens (tertiary/aromatic N) is 1. The Labute approximate surface area is 169 Å². The van der Waals surface area contributed by atoms with E-state index in [1.54, 1.807) is 0 Å². The molecule has 129 valence electrons. The second kappa shape index (κ2) is 5.82. The van der Waals surface area contributed by atoms with Crippen molar-refractivity contribution in [1.82, 2.24) is 4.98 Å². The molecule has 1 aromatic heterocycles. The summed E-state index contributed by atoms with van der Waals surface area (Å²) < 4.78 is 0. The van der Waals surface area contributed by atoms with Gasteiger partial charge in [-0.15, -0.1) is 23.8 Å². The number of ketones is 1. The number of aromatic nitrogens is 1. The van der Waals surface area contributed by atoms with Crippen LogP contribution < -0.4 is 0 Å². The minimum absolute atomic E-state index is 0. The molecule has 2 aliphatic rings. The number of carbonyl (C=O) groups is 1. The molecular weight excluding hydrogens is 510 g/mol. The number of benzene rings is 3. The predicted molar refractivity (Wildman–Crippen MR) is 104 cm³/mol. The van der Waals surface area contributed by atoms with Crippen LogP contribution in [-0.4, -0.2) is 10.8 Å². The fraction of sp³-hybridized carbons (Fsp3) is 0. The van der Waals surface area contributed by atoms with Gasteiger partial charge in [-0.2, -0.15) is 0 Å². The molecule has 0 spiro atoms. The van der Waals surface area contributed by atoms with Crippen LogP contribution in [0.25, 0.3) is 45.4 Å². The van der Waals surface area contributed by atoms with Gasteiger partial charge in [0.25, 0.3) is 0 Å². The minimum atomic E-state index is 0. The van der Waals surface area contributed by atoms with Crippen molar-refractivity contribution in [1.29, 1.82) is 0 Å². The smallest absolute Gasteiger partial charge is 0.153 e. The van der Waals surface area contributed by atoms with E-state index < -0.39 is 0 Å². The van der Waals surface area contributed by atoms with Crippen molar-refractivity contribution >= 4 is 28.8 Å². The maximum atomic E-state index is 12.6. The van der Waals surface area contributed by atoms with Crippen LogP contribution in [0.2, 0.25) is 0 Å². The van der Waals surface area contributed by atoms with Crippen LogP contribution in [0, 0.1) is 6.07 Å². The van der Waals surface area contributed by atoms with E-state index in [9.17, 15) is 4.79 Å². The molecule has 0 fully saturated rings. The first-order valence-electron chi connectivity index (χ1n) is 8.62. The number of carbonyl (C=O) groups excluding carboxylic acids is 1. The zero-order valence-corrected chi connectivity index (χ0v) is 16.5. The second-order valence-corrected chi connectivity index (χ2v) is 6.72. The molecule has 1 radical (unpaired) electrons. The van der Waals surface area contributed by atoms with Gasteiger partial charge in [-0.3, -0.25) is 9.78 Å². The van der Waals surface area contributed by atoms with Crippen LogP contribution in [0.1, 0.15) is 27.0 Å². The van der Waals surface area contributed by atoms with E-state index in [-0.39, 0.29) is 25.9 Å². The average Bonchev–Trinajstić information content (AvgIpc) is 3.23. The number of hydrogen-bond donors (Lipinski definition) is 0. The summed E-state index contributed by atoms with van der Waals surface area (Å²) in [5, 5.41) is 1.21. The Balaban J connectivity index is 0.00000160. The third-order valence-corrected chi connectivity index (χ3v) is 5.27. The van der Waals surface area contributed by atoms with E-state index in [0.29, 0.717) is 0 Å². The molecule has 3 heteroatoms. The average molecular weight is 523 g/mol. The minimum Gasteiger partial charge on any atom is -0.300 e. The van der Waals surface area contributed by atoms with E-state index >= 15 is 0 Å². The third-order valence-electron chi connectivity index (χ3n) is 5.27. The maximum Gasteiger partial charge on any atom is 0.153 e. The molecule has 0 saturated heterocycles. The van der Waals surface area contributed by atoms with Gasteiger partial charge in [0.05, 0.1) is 5.52 Å². The molecule has 0 saturated carbocycles. The summed E-state index contributed by atoms with van der Waals surface area (Å²) in [6, 6.07) is 23.2. The van der Waals surface area contributed by atoms with E-state index in [4.69, 9.17) is 4.98 Å². The summed E-state index contributed by atoms with van der Waals surface area (Å²) in [5.41, 5.74) is 8.66. The summed E-state index contributed by atoms with van der Waals surface area (Å²) in [7, 11) is 0. The Kier molecular flexibility index (Phi) is 3.51. The van der Waals surface area contributed by atoms with Crippen molar-refractivity contribution in [3.8, 4) is 22.4 Å². The summed E-state index contributed by atoms with van der Waals surface area (Å²) in [6.07, 6.45) is 4.26. The standard InChI is InChI=1S/C24H12NO.Ir/c26-24-18-6-2-1-5-17(18)20-12-15(10-11-19(20)24)22-13-16-9-8-14-4-3-7-21(25-22)23(14)16;/h1-9,11-13H;/q-1;. The van der Waals surface area contributed by atoms with Gasteiger partial charge < -0.3 is 0 Å². The van der Waals surface area contributed by atoms with Crippen molar-refractivity contribution in [2.45, 2.75) is 0 Å². The Morgan fingerprint density at radius 1 is 0.778 bits per heavy atom. The van der Waals surface area contributed by atoms with Crippen LogP contribution >= 0.6 is 0 Å². The number of pyridine rings is 1. The topological polar surface area (TPSA) is 30.0 Å². The first-order chi connectivity index (χ1) is 12.8. The summed E-state index contributed by atoms with van der Waals surface area (Å²) >= 11 is 0. The number of rotatable bonds is 1. The van der Waals surface area contributed by atoms with Crippen LogP contribution in [0.15, 0.2) is 60.7 Å². The molecule has 4 aromatic rings. The van der Waals surface area contributed by atoms with Gasteiger partial charge in [-0.1, -0.05) is 65.7 Å². The van der Waals surface area contributed by atoms with E-state index in [1.807, 2.05) is 48.5 Å². The van der Waals surface area contributed by atoms with Gasteiger partial charge in [-0.25, -0.2) is 0 Å². The predicted octanol–water partition coefficient (Wildman–Crippen LogP) is 5.39. The molecule has 0 N–H and O–H groups in total. The van der Waals surface area contributed by atoms with E-state index in [1.165, 1.54) is 16.5 Å². The molecule has 6 rings (SSSR count). The maximum absolute atomic E-state index is 12.6. The normalized spacial score (nSPS) is 12.8. The van der Waals surface area contributed by atoms with Gasteiger partial charge in [0.2, 0.25) is 0 Å². The SMILES string of the molecule is O=C1c2ccccc2-c2cc(-c3cc4c5c(cccc5n3)C=C4)[c-]cc21.[Ir]. The Morgan fingerprint density at radius 2 is 1.59 bits per heavy atom. The van der Waals surface area contributed by atoms with Gasteiger partial charge >= 0.3 is 0 Å². The van der Waals surface area contributed by atoms with E-state index in [0.717, 1.165) is 39.0 Å². The van der Waals surface area contributed by atoms with Crippen molar-refractivity contribution in [3.05, 3.63) is 89.0 Å². The Bertz CT molecular complexity index is 1300. The molecule has 0 bridgehead atoms. The van der Waals surface area contributed by atoms with Crippen molar-refractivity contribution < 1.29 is 24.9 Å². The third kappa shape index (κ3) is 2.22. The largest absolute Gasteiger partial charge is 0.300 e. The Hall–Kier alpha value is -2.87. The van der Waals surface area contributed by atoms with Gasteiger partial charge in [0.15, 0.2) is 5.78 Å². The first-order valence-corrected chi connectivity index (χ1v) is 8.62. The fourth-order valence-corrected chi connectivity index (χ4v) is 4.05.